The van der Waals surface area contributed by atoms with E-state index >= 15 is 0 Å². The summed E-state index contributed by atoms with van der Waals surface area (Å²) in [5, 5.41) is 2.62. The van der Waals surface area contributed by atoms with E-state index < -0.39 is 0 Å². The van der Waals surface area contributed by atoms with Gasteiger partial charge in [0.25, 0.3) is 0 Å². The van der Waals surface area contributed by atoms with Gasteiger partial charge in [-0.05, 0) is 42.1 Å². The van der Waals surface area contributed by atoms with Crippen molar-refractivity contribution in [3.63, 3.8) is 0 Å². The zero-order chi connectivity index (χ0) is 13.1. The van der Waals surface area contributed by atoms with Crippen LogP contribution in [0.3, 0.4) is 0 Å². The molecule has 0 saturated carbocycles. The number of benzene rings is 1. The second-order valence-electron chi connectivity index (χ2n) is 3.88. The minimum absolute atomic E-state index is 0.149. The van der Waals surface area contributed by atoms with Crippen LogP contribution in [0, 0.1) is 6.92 Å². The van der Waals surface area contributed by atoms with E-state index in [1.54, 1.807) is 11.3 Å². The van der Waals surface area contributed by atoms with Gasteiger partial charge in [0.1, 0.15) is 11.9 Å². The zero-order valence-corrected chi connectivity index (χ0v) is 13.0. The van der Waals surface area contributed by atoms with Crippen LogP contribution in [0.15, 0.2) is 34.1 Å². The lowest BCUT2D eigenvalue weighted by Crippen LogP contribution is -2.18. The van der Waals surface area contributed by atoms with Crippen molar-refractivity contribution in [1.29, 1.82) is 0 Å². The van der Waals surface area contributed by atoms with Gasteiger partial charge in [0, 0.05) is 15.9 Å². The predicted octanol–water partition coefficient (Wildman–Crippen LogP) is 4.55. The van der Waals surface area contributed by atoms with Crippen molar-refractivity contribution in [2.24, 2.45) is 5.73 Å². The van der Waals surface area contributed by atoms with Crippen LogP contribution in [0.25, 0.3) is 0 Å². The quantitative estimate of drug-likeness (QED) is 0.881. The largest absolute Gasteiger partial charge is 0.482 e. The third kappa shape index (κ3) is 3.06. The molecule has 0 aliphatic heterocycles. The Balaban J connectivity index is 2.23. The molecule has 2 aromatic rings. The van der Waals surface area contributed by atoms with E-state index in [0.717, 1.165) is 9.35 Å². The molecular formula is C13H13BrClNOS. The molecule has 2 N–H and O–H groups in total. The summed E-state index contributed by atoms with van der Waals surface area (Å²) in [6.07, 6.45) is -0.149. The SMILES string of the molecule is Cc1ccsc1C(CN)Oc1ccc(Br)cc1Cl. The summed E-state index contributed by atoms with van der Waals surface area (Å²) >= 11 is 11.2. The summed E-state index contributed by atoms with van der Waals surface area (Å²) in [5.74, 6) is 0.656. The number of halogens is 2. The summed E-state index contributed by atoms with van der Waals surface area (Å²) in [7, 11) is 0. The van der Waals surface area contributed by atoms with Gasteiger partial charge >= 0.3 is 0 Å². The summed E-state index contributed by atoms with van der Waals surface area (Å²) in [5.41, 5.74) is 6.99. The summed E-state index contributed by atoms with van der Waals surface area (Å²) in [6, 6.07) is 7.62. The average molecular weight is 347 g/mol. The van der Waals surface area contributed by atoms with Crippen molar-refractivity contribution in [1.82, 2.24) is 0 Å². The fourth-order valence-electron chi connectivity index (χ4n) is 1.65. The average Bonchev–Trinajstić information content (AvgIpc) is 2.75. The smallest absolute Gasteiger partial charge is 0.145 e. The van der Waals surface area contributed by atoms with E-state index in [-0.39, 0.29) is 6.10 Å². The van der Waals surface area contributed by atoms with E-state index in [9.17, 15) is 0 Å². The molecule has 0 radical (unpaired) electrons. The lowest BCUT2D eigenvalue weighted by atomic mass is 10.2. The lowest BCUT2D eigenvalue weighted by molar-refractivity contribution is 0.217. The predicted molar refractivity (Wildman–Crippen MR) is 80.6 cm³/mol. The third-order valence-corrected chi connectivity index (χ3v) is 4.47. The molecule has 1 atom stereocenters. The van der Waals surface area contributed by atoms with Gasteiger partial charge in [0.15, 0.2) is 0 Å². The molecule has 0 aliphatic carbocycles. The Morgan fingerprint density at radius 3 is 2.78 bits per heavy atom. The van der Waals surface area contributed by atoms with Crippen molar-refractivity contribution < 1.29 is 4.74 Å². The summed E-state index contributed by atoms with van der Waals surface area (Å²) < 4.78 is 6.83. The second kappa shape index (κ2) is 6.06. The van der Waals surface area contributed by atoms with Crippen molar-refractivity contribution in [2.75, 3.05) is 6.54 Å². The van der Waals surface area contributed by atoms with Crippen LogP contribution in [0.4, 0.5) is 0 Å². The fraction of sp³-hybridized carbons (Fsp3) is 0.231. The van der Waals surface area contributed by atoms with Gasteiger partial charge in [0.05, 0.1) is 5.02 Å². The first kappa shape index (κ1) is 13.9. The molecule has 1 aromatic carbocycles. The molecule has 1 aromatic heterocycles. The van der Waals surface area contributed by atoms with Crippen LogP contribution in [0.5, 0.6) is 5.75 Å². The highest BCUT2D eigenvalue weighted by molar-refractivity contribution is 9.10. The minimum atomic E-state index is -0.149. The molecule has 0 bridgehead atoms. The van der Waals surface area contributed by atoms with Gasteiger partial charge < -0.3 is 10.5 Å². The number of ether oxygens (including phenoxy) is 1. The Kier molecular flexibility index (Phi) is 4.67. The number of hydrogen-bond donors (Lipinski definition) is 1. The standard InChI is InChI=1S/C13H13BrClNOS/c1-8-4-5-18-13(8)12(7-16)17-11-3-2-9(14)6-10(11)15/h2-6,12H,7,16H2,1H3. The van der Waals surface area contributed by atoms with Gasteiger partial charge in [-0.3, -0.25) is 0 Å². The highest BCUT2D eigenvalue weighted by atomic mass is 79.9. The topological polar surface area (TPSA) is 35.2 Å². The van der Waals surface area contributed by atoms with Crippen molar-refractivity contribution in [3.8, 4) is 5.75 Å². The van der Waals surface area contributed by atoms with Crippen molar-refractivity contribution in [3.05, 3.63) is 49.6 Å². The van der Waals surface area contributed by atoms with Crippen LogP contribution in [-0.4, -0.2) is 6.54 Å². The number of hydrogen-bond acceptors (Lipinski definition) is 3. The van der Waals surface area contributed by atoms with Gasteiger partial charge in [-0.15, -0.1) is 11.3 Å². The molecule has 0 spiro atoms. The number of rotatable bonds is 4. The third-order valence-electron chi connectivity index (χ3n) is 2.57. The van der Waals surface area contributed by atoms with E-state index in [4.69, 9.17) is 22.1 Å². The molecule has 0 aliphatic rings. The Morgan fingerprint density at radius 1 is 1.44 bits per heavy atom. The van der Waals surface area contributed by atoms with Crippen LogP contribution in [0.2, 0.25) is 5.02 Å². The van der Waals surface area contributed by atoms with Crippen LogP contribution < -0.4 is 10.5 Å². The van der Waals surface area contributed by atoms with E-state index in [1.807, 2.05) is 23.6 Å². The highest BCUT2D eigenvalue weighted by Gasteiger charge is 2.16. The van der Waals surface area contributed by atoms with E-state index in [1.165, 1.54) is 5.56 Å². The molecule has 1 unspecified atom stereocenters. The molecule has 2 rings (SSSR count). The molecule has 2 nitrogen and oxygen atoms in total. The maximum Gasteiger partial charge on any atom is 0.145 e. The minimum Gasteiger partial charge on any atom is -0.482 e. The number of nitrogens with two attached hydrogens (primary N) is 1. The zero-order valence-electron chi connectivity index (χ0n) is 9.82. The Bertz CT molecular complexity index is 544. The van der Waals surface area contributed by atoms with Crippen LogP contribution in [-0.2, 0) is 0 Å². The number of aryl methyl sites for hydroxylation is 1. The summed E-state index contributed by atoms with van der Waals surface area (Å²) in [6.45, 7) is 2.48. The maximum atomic E-state index is 6.14. The first-order valence-corrected chi connectivity index (χ1v) is 7.52. The molecular weight excluding hydrogens is 334 g/mol. The fourth-order valence-corrected chi connectivity index (χ4v) is 3.33. The summed E-state index contributed by atoms with van der Waals surface area (Å²) in [4.78, 5) is 1.15. The van der Waals surface area contributed by atoms with Crippen molar-refractivity contribution in [2.45, 2.75) is 13.0 Å². The van der Waals surface area contributed by atoms with Crippen LogP contribution in [0.1, 0.15) is 16.5 Å². The van der Waals surface area contributed by atoms with Crippen LogP contribution >= 0.6 is 38.9 Å². The van der Waals surface area contributed by atoms with Gasteiger partial charge in [-0.1, -0.05) is 27.5 Å². The van der Waals surface area contributed by atoms with E-state index in [2.05, 4.69) is 28.9 Å². The van der Waals surface area contributed by atoms with E-state index in [0.29, 0.717) is 17.3 Å². The Hall–Kier alpha value is -0.550. The Labute approximate surface area is 124 Å². The Morgan fingerprint density at radius 2 is 2.22 bits per heavy atom. The number of thiophene rings is 1. The lowest BCUT2D eigenvalue weighted by Gasteiger charge is -2.18. The van der Waals surface area contributed by atoms with Gasteiger partial charge in [-0.25, -0.2) is 0 Å². The molecule has 0 fully saturated rings. The highest BCUT2D eigenvalue weighted by Crippen LogP contribution is 2.33. The van der Waals surface area contributed by atoms with Gasteiger partial charge in [0.2, 0.25) is 0 Å². The second-order valence-corrected chi connectivity index (χ2v) is 6.16. The molecule has 1 heterocycles. The molecule has 96 valence electrons. The van der Waals surface area contributed by atoms with Crippen molar-refractivity contribution >= 4 is 38.9 Å². The molecule has 0 amide bonds. The normalized spacial score (nSPS) is 12.4. The molecule has 5 heteroatoms. The first-order chi connectivity index (χ1) is 8.61. The van der Waals surface area contributed by atoms with Gasteiger partial charge in [-0.2, -0.15) is 0 Å². The maximum absolute atomic E-state index is 6.14. The molecule has 18 heavy (non-hydrogen) atoms. The monoisotopic (exact) mass is 345 g/mol. The first-order valence-electron chi connectivity index (χ1n) is 5.47. The molecule has 0 saturated heterocycles.